The molecular formula is C19H36O3. The molecule has 0 amide bonds. The molecule has 2 atom stereocenters. The fourth-order valence-electron chi connectivity index (χ4n) is 3.06. The van der Waals surface area contributed by atoms with Crippen molar-refractivity contribution in [3.63, 3.8) is 0 Å². The Balaban J connectivity index is 2.61. The molecule has 0 N–H and O–H groups in total. The van der Waals surface area contributed by atoms with Gasteiger partial charge in [0.1, 0.15) is 0 Å². The largest absolute Gasteiger partial charge is 0.435 e. The van der Waals surface area contributed by atoms with E-state index >= 15 is 0 Å². The van der Waals surface area contributed by atoms with Crippen LogP contribution in [0.3, 0.4) is 0 Å². The lowest BCUT2D eigenvalue weighted by Crippen LogP contribution is -2.35. The summed E-state index contributed by atoms with van der Waals surface area (Å²) in [6.07, 6.45) is 6.69. The molecule has 0 aromatic heterocycles. The van der Waals surface area contributed by atoms with Crippen molar-refractivity contribution in [2.24, 2.45) is 23.7 Å². The van der Waals surface area contributed by atoms with Crippen molar-refractivity contribution in [2.45, 2.75) is 92.5 Å². The van der Waals surface area contributed by atoms with Crippen LogP contribution in [0.25, 0.3) is 0 Å². The Bertz CT molecular complexity index is 317. The highest BCUT2D eigenvalue weighted by Gasteiger charge is 2.30. The van der Waals surface area contributed by atoms with E-state index in [-0.39, 0.29) is 23.9 Å². The third-order valence-corrected chi connectivity index (χ3v) is 4.49. The Morgan fingerprint density at radius 2 is 1.55 bits per heavy atom. The molecule has 0 aromatic carbocycles. The second-order valence-corrected chi connectivity index (χ2v) is 7.93. The molecule has 0 aliphatic heterocycles. The first-order chi connectivity index (χ1) is 10.3. The number of hydrogen-bond acceptors (Lipinski definition) is 3. The van der Waals surface area contributed by atoms with E-state index in [4.69, 9.17) is 9.47 Å². The Morgan fingerprint density at radius 1 is 0.955 bits per heavy atom. The molecule has 1 aliphatic rings. The third kappa shape index (κ3) is 6.68. The van der Waals surface area contributed by atoms with Gasteiger partial charge in [0.25, 0.3) is 0 Å². The molecule has 0 radical (unpaired) electrons. The van der Waals surface area contributed by atoms with Crippen LogP contribution in [-0.4, -0.2) is 18.4 Å². The summed E-state index contributed by atoms with van der Waals surface area (Å²) in [7, 11) is 0. The number of hydrogen-bond donors (Lipinski definition) is 0. The zero-order valence-corrected chi connectivity index (χ0v) is 15.4. The molecule has 22 heavy (non-hydrogen) atoms. The first-order valence-electron chi connectivity index (χ1n) is 9.17. The molecule has 0 spiro atoms. The highest BCUT2D eigenvalue weighted by Crippen LogP contribution is 2.26. The number of esters is 1. The molecule has 130 valence electrons. The first kappa shape index (κ1) is 19.5. The molecule has 1 aliphatic carbocycles. The Hall–Kier alpha value is -0.570. The van der Waals surface area contributed by atoms with Gasteiger partial charge in [-0.1, -0.05) is 60.8 Å². The van der Waals surface area contributed by atoms with Crippen molar-refractivity contribution in [3.8, 4) is 0 Å². The predicted octanol–water partition coefficient (Wildman–Crippen LogP) is 5.18. The Kier molecular flexibility index (Phi) is 8.45. The topological polar surface area (TPSA) is 35.5 Å². The summed E-state index contributed by atoms with van der Waals surface area (Å²) in [6.45, 7) is 12.6. The molecular weight excluding hydrogens is 276 g/mol. The molecule has 0 aromatic rings. The van der Waals surface area contributed by atoms with Crippen LogP contribution in [0.1, 0.15) is 80.1 Å². The van der Waals surface area contributed by atoms with Gasteiger partial charge >= 0.3 is 5.97 Å². The van der Waals surface area contributed by atoms with Crippen molar-refractivity contribution >= 4 is 5.97 Å². The average Bonchev–Trinajstić information content (AvgIpc) is 2.44. The van der Waals surface area contributed by atoms with Gasteiger partial charge in [0, 0.05) is 5.92 Å². The van der Waals surface area contributed by atoms with Crippen molar-refractivity contribution in [3.05, 3.63) is 0 Å². The summed E-state index contributed by atoms with van der Waals surface area (Å²) in [5.74, 6) is 0.876. The van der Waals surface area contributed by atoms with Gasteiger partial charge < -0.3 is 9.47 Å². The maximum absolute atomic E-state index is 12.6. The van der Waals surface area contributed by atoms with Crippen LogP contribution >= 0.6 is 0 Å². The number of carbonyl (C=O) groups is 1. The normalized spacial score (nSPS) is 19.7. The lowest BCUT2D eigenvalue weighted by molar-refractivity contribution is -0.210. The highest BCUT2D eigenvalue weighted by atomic mass is 16.7. The average molecular weight is 312 g/mol. The van der Waals surface area contributed by atoms with Gasteiger partial charge in [0.2, 0.25) is 6.29 Å². The fourth-order valence-corrected chi connectivity index (χ4v) is 3.06. The molecule has 0 bridgehead atoms. The lowest BCUT2D eigenvalue weighted by Gasteiger charge is -2.31. The van der Waals surface area contributed by atoms with Gasteiger partial charge in [-0.25, -0.2) is 0 Å². The second kappa shape index (κ2) is 9.54. The van der Waals surface area contributed by atoms with Crippen molar-refractivity contribution in [1.29, 1.82) is 0 Å². The van der Waals surface area contributed by atoms with Gasteiger partial charge in [-0.2, -0.15) is 0 Å². The minimum atomic E-state index is -0.399. The van der Waals surface area contributed by atoms with E-state index in [1.807, 2.05) is 0 Å². The zero-order valence-electron chi connectivity index (χ0n) is 15.4. The number of ether oxygens (including phenoxy) is 2. The van der Waals surface area contributed by atoms with E-state index in [0.717, 1.165) is 19.3 Å². The van der Waals surface area contributed by atoms with E-state index in [2.05, 4.69) is 41.5 Å². The van der Waals surface area contributed by atoms with Gasteiger partial charge in [-0.15, -0.1) is 0 Å². The quantitative estimate of drug-likeness (QED) is 0.457. The second-order valence-electron chi connectivity index (χ2n) is 7.93. The Labute approximate surface area is 137 Å². The van der Waals surface area contributed by atoms with Crippen LogP contribution in [0.15, 0.2) is 0 Å². The van der Waals surface area contributed by atoms with Crippen LogP contribution in [-0.2, 0) is 14.3 Å². The summed E-state index contributed by atoms with van der Waals surface area (Å²) >= 11 is 0. The summed E-state index contributed by atoms with van der Waals surface area (Å²) in [6, 6.07) is 0. The van der Waals surface area contributed by atoms with E-state index in [9.17, 15) is 4.79 Å². The van der Waals surface area contributed by atoms with Gasteiger partial charge in [0.05, 0.1) is 12.0 Å². The number of carbonyl (C=O) groups excluding carboxylic acids is 1. The summed E-state index contributed by atoms with van der Waals surface area (Å²) in [5, 5.41) is 0. The van der Waals surface area contributed by atoms with Gasteiger partial charge in [-0.05, 0) is 31.1 Å². The maximum Gasteiger partial charge on any atom is 0.311 e. The molecule has 1 fully saturated rings. The first-order valence-corrected chi connectivity index (χ1v) is 9.17. The van der Waals surface area contributed by atoms with Gasteiger partial charge in [-0.3, -0.25) is 4.79 Å². The molecule has 1 rings (SSSR count). The molecule has 0 saturated heterocycles. The molecule has 1 saturated carbocycles. The molecule has 3 nitrogen and oxygen atoms in total. The van der Waals surface area contributed by atoms with Crippen molar-refractivity contribution in [2.75, 3.05) is 0 Å². The van der Waals surface area contributed by atoms with Crippen LogP contribution in [0.4, 0.5) is 0 Å². The molecule has 2 unspecified atom stereocenters. The van der Waals surface area contributed by atoms with Crippen LogP contribution < -0.4 is 0 Å². The SMILES string of the molecule is CC(C)CC(C(=O)OC(OC1CCCCC1)C(C)C)C(C)C. The minimum absolute atomic E-state index is 0.0313. The zero-order chi connectivity index (χ0) is 16.7. The molecule has 3 heteroatoms. The minimum Gasteiger partial charge on any atom is -0.435 e. The highest BCUT2D eigenvalue weighted by molar-refractivity contribution is 5.72. The summed E-state index contributed by atoms with van der Waals surface area (Å²) in [4.78, 5) is 12.6. The van der Waals surface area contributed by atoms with E-state index in [1.54, 1.807) is 0 Å². The van der Waals surface area contributed by atoms with Crippen LogP contribution in [0.2, 0.25) is 0 Å². The van der Waals surface area contributed by atoms with E-state index in [1.165, 1.54) is 19.3 Å². The standard InChI is InChI=1S/C19H36O3/c1-13(2)12-17(14(3)4)18(20)22-19(15(5)6)21-16-10-8-7-9-11-16/h13-17,19H,7-12H2,1-6H3. The van der Waals surface area contributed by atoms with Crippen molar-refractivity contribution < 1.29 is 14.3 Å². The van der Waals surface area contributed by atoms with E-state index < -0.39 is 6.29 Å². The fraction of sp³-hybridized carbons (Fsp3) is 0.947. The smallest absolute Gasteiger partial charge is 0.311 e. The number of rotatable bonds is 8. The van der Waals surface area contributed by atoms with Crippen LogP contribution in [0.5, 0.6) is 0 Å². The summed E-state index contributed by atoms with van der Waals surface area (Å²) < 4.78 is 11.9. The van der Waals surface area contributed by atoms with Crippen LogP contribution in [0, 0.1) is 23.7 Å². The maximum atomic E-state index is 12.6. The van der Waals surface area contributed by atoms with E-state index in [0.29, 0.717) is 11.8 Å². The molecule has 0 heterocycles. The van der Waals surface area contributed by atoms with Gasteiger partial charge in [0.15, 0.2) is 0 Å². The monoisotopic (exact) mass is 312 g/mol. The van der Waals surface area contributed by atoms with Crippen molar-refractivity contribution in [1.82, 2.24) is 0 Å². The Morgan fingerprint density at radius 3 is 2.00 bits per heavy atom. The summed E-state index contributed by atoms with van der Waals surface area (Å²) in [5.41, 5.74) is 0. The third-order valence-electron chi connectivity index (χ3n) is 4.49. The predicted molar refractivity (Wildman–Crippen MR) is 90.5 cm³/mol. The lowest BCUT2D eigenvalue weighted by atomic mass is 9.88.